The molecule has 3 aromatic rings. The predicted molar refractivity (Wildman–Crippen MR) is 196 cm³/mol. The van der Waals surface area contributed by atoms with E-state index in [1.165, 1.54) is 4.90 Å². The fourth-order valence-corrected chi connectivity index (χ4v) is 6.14. The van der Waals surface area contributed by atoms with Crippen molar-refractivity contribution in [3.8, 4) is 22.8 Å². The summed E-state index contributed by atoms with van der Waals surface area (Å²) in [5.41, 5.74) is 2.58. The normalized spacial score (nSPS) is 16.3. The number of nitrogens with one attached hydrogen (secondary N) is 1. The van der Waals surface area contributed by atoms with E-state index in [-0.39, 0.29) is 25.0 Å². The van der Waals surface area contributed by atoms with Gasteiger partial charge >= 0.3 is 12.1 Å². The Kier molecular flexibility index (Phi) is 13.2. The third-order valence-electron chi connectivity index (χ3n) is 8.82. The minimum Gasteiger partial charge on any atom is -0.496 e. The largest absolute Gasteiger partial charge is 0.496 e. The molecule has 0 bridgehead atoms. The molecule has 50 heavy (non-hydrogen) atoms. The lowest BCUT2D eigenvalue weighted by molar-refractivity contribution is -0.149. The number of allylic oxidation sites excluding steroid dienone is 2. The standard InChI is InChI=1S/C40H49N3O7/c1-7-10-11-12-16-19-31(42-39(47)49-26-40(4,5)20-8-2)37(44)43-25-29(22-34(43)38(45)46)50-36-23-32(28-17-14-13-15-18-28)41-33-24-35(48-6)27(9-3)21-30(33)36/h7-9,13-15,17-18,21,23-24,29,31,34H,1-3,10-12,16,19-20,22,25-26H2,4-6H3,(H,42,47)(H,45,46)/t29-,31+,34+/m1/s1. The number of aromatic nitrogens is 1. The number of fused-ring (bicyclic) bond motifs is 1. The van der Waals surface area contributed by atoms with Crippen molar-refractivity contribution in [1.29, 1.82) is 0 Å². The van der Waals surface area contributed by atoms with Gasteiger partial charge in [-0.15, -0.1) is 13.2 Å². The smallest absolute Gasteiger partial charge is 0.407 e. The van der Waals surface area contributed by atoms with Crippen LogP contribution in [0.5, 0.6) is 11.5 Å². The van der Waals surface area contributed by atoms with Gasteiger partial charge in [0, 0.05) is 40.5 Å². The number of nitrogens with zero attached hydrogens (tertiary/aromatic N) is 2. The number of carbonyl (C=O) groups excluding carboxylic acids is 2. The van der Waals surface area contributed by atoms with Gasteiger partial charge in [-0.1, -0.05) is 81.8 Å². The van der Waals surface area contributed by atoms with Crippen molar-refractivity contribution in [2.24, 2.45) is 5.41 Å². The summed E-state index contributed by atoms with van der Waals surface area (Å²) in [6, 6.07) is 13.1. The molecule has 4 rings (SSSR count). The lowest BCUT2D eigenvalue weighted by atomic mass is 9.91. The van der Waals surface area contributed by atoms with Crippen LogP contribution < -0.4 is 14.8 Å². The van der Waals surface area contributed by atoms with Crippen LogP contribution in [-0.2, 0) is 14.3 Å². The number of carbonyl (C=O) groups is 3. The number of benzene rings is 2. The van der Waals surface area contributed by atoms with E-state index >= 15 is 0 Å². The predicted octanol–water partition coefficient (Wildman–Crippen LogP) is 7.82. The van der Waals surface area contributed by atoms with E-state index in [2.05, 4.69) is 25.1 Å². The second kappa shape index (κ2) is 17.5. The molecule has 1 fully saturated rings. The zero-order chi connectivity index (χ0) is 36.3. The quantitative estimate of drug-likeness (QED) is 0.103. The van der Waals surface area contributed by atoms with Gasteiger partial charge < -0.3 is 29.5 Å². The Hall–Kier alpha value is -5.12. The Balaban J connectivity index is 1.61. The second-order valence-electron chi connectivity index (χ2n) is 13.4. The van der Waals surface area contributed by atoms with Crippen molar-refractivity contribution < 1.29 is 33.7 Å². The molecule has 0 radical (unpaired) electrons. The van der Waals surface area contributed by atoms with Gasteiger partial charge in [-0.3, -0.25) is 4.79 Å². The highest BCUT2D eigenvalue weighted by Gasteiger charge is 2.43. The number of carboxylic acid groups (broad SMARTS) is 1. The molecule has 0 aliphatic carbocycles. The van der Waals surface area contributed by atoms with Crippen molar-refractivity contribution >= 4 is 34.9 Å². The van der Waals surface area contributed by atoms with Crippen LogP contribution in [0, 0.1) is 5.41 Å². The van der Waals surface area contributed by atoms with Crippen molar-refractivity contribution in [2.45, 2.75) is 77.0 Å². The number of unbranched alkanes of at least 4 members (excludes halogenated alkanes) is 3. The number of methoxy groups -OCH3 is 1. The average molecular weight is 684 g/mol. The lowest BCUT2D eigenvalue weighted by Gasteiger charge is -2.28. The van der Waals surface area contributed by atoms with Crippen molar-refractivity contribution in [3.05, 3.63) is 86.0 Å². The average Bonchev–Trinajstić information content (AvgIpc) is 3.53. The minimum atomic E-state index is -1.15. The molecule has 2 heterocycles. The van der Waals surface area contributed by atoms with Gasteiger partial charge in [-0.05, 0) is 31.7 Å². The van der Waals surface area contributed by atoms with Gasteiger partial charge in [-0.25, -0.2) is 14.6 Å². The number of hydrogen-bond donors (Lipinski definition) is 2. The third kappa shape index (κ3) is 9.74. The molecule has 1 aliphatic heterocycles. The van der Waals surface area contributed by atoms with Crippen molar-refractivity contribution in [3.63, 3.8) is 0 Å². The summed E-state index contributed by atoms with van der Waals surface area (Å²) in [6.07, 6.45) is 8.15. The van der Waals surface area contributed by atoms with E-state index in [1.807, 2.05) is 68.5 Å². The zero-order valence-electron chi connectivity index (χ0n) is 29.4. The van der Waals surface area contributed by atoms with E-state index < -0.39 is 36.2 Å². The molecule has 1 saturated heterocycles. The molecule has 3 atom stereocenters. The topological polar surface area (TPSA) is 127 Å². The van der Waals surface area contributed by atoms with E-state index in [0.29, 0.717) is 47.4 Å². The van der Waals surface area contributed by atoms with E-state index in [0.717, 1.165) is 30.4 Å². The van der Waals surface area contributed by atoms with Crippen LogP contribution >= 0.6 is 0 Å². The number of rotatable bonds is 18. The SMILES string of the molecule is C=CCCCCC[C@H](NC(=O)OCC(C)(C)CC=C)C(=O)N1C[C@H](Oc2cc(-c3ccccc3)nc3cc(OC)c(C=C)cc23)C[C@H]1C(=O)O. The Morgan fingerprint density at radius 2 is 1.82 bits per heavy atom. The first-order valence-corrected chi connectivity index (χ1v) is 17.1. The molecule has 2 N–H and O–H groups in total. The first-order chi connectivity index (χ1) is 24.0. The van der Waals surface area contributed by atoms with Gasteiger partial charge in [0.25, 0.3) is 0 Å². The number of pyridine rings is 1. The summed E-state index contributed by atoms with van der Waals surface area (Å²) in [4.78, 5) is 45.8. The lowest BCUT2D eigenvalue weighted by Crippen LogP contribution is -2.52. The number of amides is 2. The monoisotopic (exact) mass is 683 g/mol. The van der Waals surface area contributed by atoms with Crippen LogP contribution in [0.3, 0.4) is 0 Å². The van der Waals surface area contributed by atoms with Crippen LogP contribution in [0.1, 0.15) is 64.4 Å². The number of alkyl carbamates (subject to hydrolysis) is 1. The zero-order valence-corrected chi connectivity index (χ0v) is 29.4. The number of hydrogen-bond acceptors (Lipinski definition) is 7. The molecule has 10 nitrogen and oxygen atoms in total. The molecule has 0 unspecified atom stereocenters. The molecule has 1 aromatic heterocycles. The van der Waals surface area contributed by atoms with Crippen LogP contribution in [-0.4, -0.2) is 71.4 Å². The fourth-order valence-electron chi connectivity index (χ4n) is 6.14. The van der Waals surface area contributed by atoms with Gasteiger partial charge in [0.1, 0.15) is 29.7 Å². The highest BCUT2D eigenvalue weighted by molar-refractivity contribution is 5.92. The highest BCUT2D eigenvalue weighted by Crippen LogP contribution is 2.36. The number of likely N-dealkylation sites (tertiary alicyclic amines) is 1. The molecule has 10 heteroatoms. The van der Waals surface area contributed by atoms with Gasteiger partial charge in [0.05, 0.1) is 31.5 Å². The summed E-state index contributed by atoms with van der Waals surface area (Å²) < 4.78 is 17.6. The van der Waals surface area contributed by atoms with Crippen LogP contribution in [0.25, 0.3) is 28.2 Å². The Labute approximate surface area is 294 Å². The minimum absolute atomic E-state index is 0.0147. The van der Waals surface area contributed by atoms with E-state index in [1.54, 1.807) is 19.3 Å². The van der Waals surface area contributed by atoms with Crippen LogP contribution in [0.15, 0.2) is 80.4 Å². The van der Waals surface area contributed by atoms with Gasteiger partial charge in [-0.2, -0.15) is 0 Å². The summed E-state index contributed by atoms with van der Waals surface area (Å²) in [5.74, 6) is -0.542. The maximum atomic E-state index is 14.1. The van der Waals surface area contributed by atoms with Crippen LogP contribution in [0.2, 0.25) is 0 Å². The van der Waals surface area contributed by atoms with Gasteiger partial charge in [0.15, 0.2) is 0 Å². The van der Waals surface area contributed by atoms with Crippen molar-refractivity contribution in [2.75, 3.05) is 20.3 Å². The number of ether oxygens (including phenoxy) is 3. The Morgan fingerprint density at radius 3 is 2.48 bits per heavy atom. The molecule has 0 saturated carbocycles. The summed E-state index contributed by atoms with van der Waals surface area (Å²) >= 11 is 0. The summed E-state index contributed by atoms with van der Waals surface area (Å²) in [5, 5.41) is 13.7. The van der Waals surface area contributed by atoms with Crippen LogP contribution in [0.4, 0.5) is 4.79 Å². The second-order valence-corrected chi connectivity index (χ2v) is 13.4. The Morgan fingerprint density at radius 1 is 1.06 bits per heavy atom. The number of carboxylic acids is 1. The van der Waals surface area contributed by atoms with Gasteiger partial charge in [0.2, 0.25) is 5.91 Å². The molecule has 0 spiro atoms. The maximum Gasteiger partial charge on any atom is 0.407 e. The maximum absolute atomic E-state index is 14.1. The first kappa shape index (κ1) is 37.7. The fraction of sp³-hybridized carbons (Fsp3) is 0.400. The molecular weight excluding hydrogens is 634 g/mol. The van der Waals surface area contributed by atoms with Crippen molar-refractivity contribution in [1.82, 2.24) is 15.2 Å². The molecule has 1 aliphatic rings. The Bertz CT molecular complexity index is 1690. The highest BCUT2D eigenvalue weighted by atomic mass is 16.5. The molecule has 266 valence electrons. The molecular formula is C40H49N3O7. The first-order valence-electron chi connectivity index (χ1n) is 17.1. The molecule has 2 amide bonds. The molecule has 2 aromatic carbocycles. The van der Waals surface area contributed by atoms with E-state index in [4.69, 9.17) is 19.2 Å². The summed E-state index contributed by atoms with van der Waals surface area (Å²) in [7, 11) is 1.58. The summed E-state index contributed by atoms with van der Waals surface area (Å²) in [6.45, 7) is 15.5. The third-order valence-corrected chi connectivity index (χ3v) is 8.82. The van der Waals surface area contributed by atoms with E-state index in [9.17, 15) is 19.5 Å². The number of aliphatic carboxylic acids is 1.